The van der Waals surface area contributed by atoms with Crippen molar-refractivity contribution in [3.05, 3.63) is 0 Å². The van der Waals surface area contributed by atoms with Crippen LogP contribution in [0.4, 0.5) is 0 Å². The Labute approximate surface area is 117 Å². The number of nitrogens with one attached hydrogen (secondary N) is 1. The molecular weight excluding hydrogens is 236 g/mol. The first-order valence-electron chi connectivity index (χ1n) is 8.29. The Morgan fingerprint density at radius 2 is 1.89 bits per heavy atom. The van der Waals surface area contributed by atoms with Crippen LogP contribution in [-0.4, -0.2) is 48.8 Å². The van der Waals surface area contributed by atoms with Crippen molar-refractivity contribution in [1.29, 1.82) is 0 Å². The third-order valence-corrected chi connectivity index (χ3v) is 6.33. The van der Waals surface area contributed by atoms with Gasteiger partial charge in [-0.15, -0.1) is 0 Å². The van der Waals surface area contributed by atoms with E-state index in [0.717, 1.165) is 18.3 Å². The molecular formula is C16H30N2O. The minimum Gasteiger partial charge on any atom is -0.394 e. The van der Waals surface area contributed by atoms with Crippen molar-refractivity contribution in [3.8, 4) is 0 Å². The maximum absolute atomic E-state index is 9.73. The smallest absolute Gasteiger partial charge is 0.0615 e. The highest BCUT2D eigenvalue weighted by Gasteiger charge is 2.42. The van der Waals surface area contributed by atoms with E-state index in [9.17, 15) is 5.11 Å². The molecule has 3 rings (SSSR count). The van der Waals surface area contributed by atoms with E-state index in [4.69, 9.17) is 0 Å². The van der Waals surface area contributed by atoms with Crippen molar-refractivity contribution in [3.63, 3.8) is 0 Å². The van der Waals surface area contributed by atoms with Crippen LogP contribution >= 0.6 is 0 Å². The van der Waals surface area contributed by atoms with Crippen molar-refractivity contribution in [1.82, 2.24) is 10.2 Å². The summed E-state index contributed by atoms with van der Waals surface area (Å²) >= 11 is 0. The van der Waals surface area contributed by atoms with Crippen LogP contribution in [0.5, 0.6) is 0 Å². The number of hydrogen-bond acceptors (Lipinski definition) is 3. The molecule has 0 spiro atoms. The first kappa shape index (κ1) is 13.8. The lowest BCUT2D eigenvalue weighted by Gasteiger charge is -2.34. The Kier molecular flexibility index (Phi) is 4.16. The van der Waals surface area contributed by atoms with Crippen LogP contribution in [-0.2, 0) is 0 Å². The summed E-state index contributed by atoms with van der Waals surface area (Å²) in [5.41, 5.74) is 0.0234. The summed E-state index contributed by atoms with van der Waals surface area (Å²) in [4.78, 5) is 2.70. The zero-order valence-electron chi connectivity index (χ0n) is 12.4. The Balaban J connectivity index is 1.49. The van der Waals surface area contributed by atoms with Gasteiger partial charge in [-0.1, -0.05) is 12.8 Å². The number of aliphatic hydroxyl groups excluding tert-OH is 1. The number of fused-ring (bicyclic) bond motifs is 1. The molecule has 0 aromatic rings. The zero-order chi connectivity index (χ0) is 13.3. The molecule has 3 heteroatoms. The first-order chi connectivity index (χ1) is 9.27. The quantitative estimate of drug-likeness (QED) is 0.797. The maximum Gasteiger partial charge on any atom is 0.0615 e. The second kappa shape index (κ2) is 5.71. The summed E-state index contributed by atoms with van der Waals surface area (Å²) in [5.74, 6) is 2.69. The SMILES string of the molecule is CNC1(CO)CCCC1CCN1CC2CCCC2C1. The van der Waals surface area contributed by atoms with Crippen molar-refractivity contribution in [2.75, 3.05) is 33.3 Å². The van der Waals surface area contributed by atoms with Gasteiger partial charge in [-0.2, -0.15) is 0 Å². The van der Waals surface area contributed by atoms with E-state index >= 15 is 0 Å². The van der Waals surface area contributed by atoms with Crippen molar-refractivity contribution in [2.24, 2.45) is 17.8 Å². The van der Waals surface area contributed by atoms with Crippen molar-refractivity contribution >= 4 is 0 Å². The molecule has 0 amide bonds. The van der Waals surface area contributed by atoms with Gasteiger partial charge in [-0.25, -0.2) is 0 Å². The molecule has 1 heterocycles. The maximum atomic E-state index is 9.73. The summed E-state index contributed by atoms with van der Waals surface area (Å²) in [5, 5.41) is 13.2. The van der Waals surface area contributed by atoms with E-state index in [-0.39, 0.29) is 5.54 Å². The molecule has 1 aliphatic heterocycles. The highest BCUT2D eigenvalue weighted by Crippen LogP contribution is 2.40. The predicted octanol–water partition coefficient (Wildman–Crippen LogP) is 1.86. The van der Waals surface area contributed by atoms with Gasteiger partial charge in [0.25, 0.3) is 0 Å². The lowest BCUT2D eigenvalue weighted by atomic mass is 9.85. The minimum absolute atomic E-state index is 0.0234. The lowest BCUT2D eigenvalue weighted by molar-refractivity contribution is 0.119. The first-order valence-corrected chi connectivity index (χ1v) is 8.29. The Morgan fingerprint density at radius 3 is 2.53 bits per heavy atom. The Morgan fingerprint density at radius 1 is 1.16 bits per heavy atom. The summed E-state index contributed by atoms with van der Waals surface area (Å²) < 4.78 is 0. The standard InChI is InChI=1S/C16H30N2O/c1-17-16(12-19)8-3-6-15(16)7-9-18-10-13-4-2-5-14(13)11-18/h13-15,17,19H,2-12H2,1H3. The molecule has 3 aliphatic rings. The monoisotopic (exact) mass is 266 g/mol. The fourth-order valence-corrected chi connectivity index (χ4v) is 5.03. The average molecular weight is 266 g/mol. The number of nitrogens with zero attached hydrogens (tertiary/aromatic N) is 1. The number of likely N-dealkylation sites (N-methyl/N-ethyl adjacent to an activating group) is 1. The van der Waals surface area contributed by atoms with Crippen LogP contribution < -0.4 is 5.32 Å². The lowest BCUT2D eigenvalue weighted by Crippen LogP contribution is -2.50. The van der Waals surface area contributed by atoms with Crippen molar-refractivity contribution < 1.29 is 5.11 Å². The topological polar surface area (TPSA) is 35.5 Å². The van der Waals surface area contributed by atoms with Crippen LogP contribution in [0, 0.1) is 17.8 Å². The number of likely N-dealkylation sites (tertiary alicyclic amines) is 1. The molecule has 2 saturated carbocycles. The normalized spacial score (nSPS) is 42.9. The van der Waals surface area contributed by atoms with Gasteiger partial charge in [0, 0.05) is 18.6 Å². The van der Waals surface area contributed by atoms with Crippen LogP contribution in [0.15, 0.2) is 0 Å². The second-order valence-electron chi connectivity index (χ2n) is 7.15. The molecule has 3 nitrogen and oxygen atoms in total. The molecule has 4 unspecified atom stereocenters. The molecule has 2 N–H and O–H groups in total. The van der Waals surface area contributed by atoms with E-state index in [0.29, 0.717) is 12.5 Å². The summed E-state index contributed by atoms with van der Waals surface area (Å²) in [6.07, 6.45) is 9.40. The van der Waals surface area contributed by atoms with E-state index in [1.807, 2.05) is 7.05 Å². The van der Waals surface area contributed by atoms with Gasteiger partial charge in [-0.05, 0) is 63.5 Å². The van der Waals surface area contributed by atoms with Gasteiger partial charge < -0.3 is 15.3 Å². The molecule has 1 saturated heterocycles. The molecule has 0 aromatic carbocycles. The zero-order valence-corrected chi connectivity index (χ0v) is 12.4. The third-order valence-electron chi connectivity index (χ3n) is 6.33. The van der Waals surface area contributed by atoms with E-state index in [2.05, 4.69) is 10.2 Å². The third kappa shape index (κ3) is 2.57. The van der Waals surface area contributed by atoms with Gasteiger partial charge >= 0.3 is 0 Å². The Bertz CT molecular complexity index is 291. The number of aliphatic hydroxyl groups is 1. The Hall–Kier alpha value is -0.120. The van der Waals surface area contributed by atoms with Gasteiger partial charge in [0.05, 0.1) is 6.61 Å². The van der Waals surface area contributed by atoms with Gasteiger partial charge in [0.15, 0.2) is 0 Å². The van der Waals surface area contributed by atoms with E-state index < -0.39 is 0 Å². The summed E-state index contributed by atoms with van der Waals surface area (Å²) in [6.45, 7) is 4.26. The highest BCUT2D eigenvalue weighted by atomic mass is 16.3. The van der Waals surface area contributed by atoms with Gasteiger partial charge in [0.2, 0.25) is 0 Å². The number of rotatable bonds is 5. The molecule has 2 aliphatic carbocycles. The molecule has 0 bridgehead atoms. The summed E-state index contributed by atoms with van der Waals surface area (Å²) in [6, 6.07) is 0. The highest BCUT2D eigenvalue weighted by molar-refractivity contribution is 4.98. The van der Waals surface area contributed by atoms with E-state index in [1.165, 1.54) is 58.2 Å². The largest absolute Gasteiger partial charge is 0.394 e. The minimum atomic E-state index is 0.0234. The van der Waals surface area contributed by atoms with Crippen LogP contribution in [0.2, 0.25) is 0 Å². The van der Waals surface area contributed by atoms with E-state index in [1.54, 1.807) is 0 Å². The average Bonchev–Trinajstić information content (AvgIpc) is 3.10. The molecule has 19 heavy (non-hydrogen) atoms. The van der Waals surface area contributed by atoms with Crippen LogP contribution in [0.25, 0.3) is 0 Å². The fourth-order valence-electron chi connectivity index (χ4n) is 5.03. The van der Waals surface area contributed by atoms with Crippen LogP contribution in [0.3, 0.4) is 0 Å². The van der Waals surface area contributed by atoms with Crippen molar-refractivity contribution in [2.45, 2.75) is 50.5 Å². The van der Waals surface area contributed by atoms with Crippen LogP contribution in [0.1, 0.15) is 44.9 Å². The fraction of sp³-hybridized carbons (Fsp3) is 1.00. The van der Waals surface area contributed by atoms with Gasteiger partial charge in [-0.3, -0.25) is 0 Å². The molecule has 4 atom stereocenters. The molecule has 0 aromatic heterocycles. The number of hydrogen-bond donors (Lipinski definition) is 2. The second-order valence-corrected chi connectivity index (χ2v) is 7.15. The molecule has 110 valence electrons. The van der Waals surface area contributed by atoms with Gasteiger partial charge in [0.1, 0.15) is 0 Å². The molecule has 0 radical (unpaired) electrons. The molecule has 3 fully saturated rings. The predicted molar refractivity (Wildman–Crippen MR) is 78.1 cm³/mol. The summed E-state index contributed by atoms with van der Waals surface area (Å²) in [7, 11) is 2.02.